The summed E-state index contributed by atoms with van der Waals surface area (Å²) in [6, 6.07) is 6.58. The van der Waals surface area contributed by atoms with Crippen LogP contribution in [0.15, 0.2) is 23.1 Å². The Labute approximate surface area is 94.3 Å². The van der Waals surface area contributed by atoms with Gasteiger partial charge in [0.05, 0.1) is 17.3 Å². The zero-order valence-electron chi connectivity index (χ0n) is 8.77. The highest BCUT2D eigenvalue weighted by Crippen LogP contribution is 2.27. The number of likely N-dealkylation sites (N-methyl/N-ethyl adjacent to an activating group) is 1. The van der Waals surface area contributed by atoms with Gasteiger partial charge in [0.25, 0.3) is 0 Å². The van der Waals surface area contributed by atoms with Crippen molar-refractivity contribution in [2.75, 3.05) is 25.5 Å². The van der Waals surface area contributed by atoms with E-state index in [2.05, 4.69) is 5.32 Å². The number of nitrogens with zero attached hydrogens (tertiary/aromatic N) is 2. The van der Waals surface area contributed by atoms with Gasteiger partial charge in [0, 0.05) is 20.1 Å². The average molecular weight is 237 g/mol. The zero-order valence-corrected chi connectivity index (χ0v) is 9.58. The number of fused-ring (bicyclic) bond motifs is 1. The van der Waals surface area contributed by atoms with E-state index >= 15 is 0 Å². The molecule has 1 heterocycles. The first-order chi connectivity index (χ1) is 7.55. The van der Waals surface area contributed by atoms with Crippen LogP contribution in [0.5, 0.6) is 0 Å². The number of hydrogen-bond acceptors (Lipinski definition) is 4. The molecule has 5 nitrogen and oxygen atoms in total. The third kappa shape index (κ3) is 1.64. The smallest absolute Gasteiger partial charge is 0.244 e. The van der Waals surface area contributed by atoms with E-state index in [1.165, 1.54) is 17.4 Å². The lowest BCUT2D eigenvalue weighted by molar-refractivity contribution is 0.485. The highest BCUT2D eigenvalue weighted by atomic mass is 32.2. The maximum Gasteiger partial charge on any atom is 0.244 e. The molecule has 16 heavy (non-hydrogen) atoms. The van der Waals surface area contributed by atoms with E-state index in [0.717, 1.165) is 0 Å². The second kappa shape index (κ2) is 3.77. The summed E-state index contributed by atoms with van der Waals surface area (Å²) in [5.41, 5.74) is 0.905. The molecule has 0 radical (unpaired) electrons. The maximum atomic E-state index is 12.1. The van der Waals surface area contributed by atoms with E-state index in [4.69, 9.17) is 5.26 Å². The van der Waals surface area contributed by atoms with Crippen LogP contribution in [0.3, 0.4) is 0 Å². The molecule has 2 rings (SSSR count). The Kier molecular flexibility index (Phi) is 2.58. The lowest BCUT2D eigenvalue weighted by Gasteiger charge is -2.13. The van der Waals surface area contributed by atoms with Crippen LogP contribution in [0.2, 0.25) is 0 Å². The molecule has 0 aliphatic carbocycles. The Balaban J connectivity index is 2.67. The number of hydrogen-bond donors (Lipinski definition) is 1. The summed E-state index contributed by atoms with van der Waals surface area (Å²) >= 11 is 0. The summed E-state index contributed by atoms with van der Waals surface area (Å²) in [4.78, 5) is 0.173. The first-order valence-corrected chi connectivity index (χ1v) is 6.24. The van der Waals surface area contributed by atoms with Crippen molar-refractivity contribution in [3.05, 3.63) is 23.8 Å². The fraction of sp³-hybridized carbons (Fsp3) is 0.300. The van der Waals surface area contributed by atoms with Gasteiger partial charge in [-0.05, 0) is 18.2 Å². The van der Waals surface area contributed by atoms with Crippen LogP contribution in [-0.2, 0) is 10.0 Å². The number of nitriles is 1. The topological polar surface area (TPSA) is 73.2 Å². The van der Waals surface area contributed by atoms with Gasteiger partial charge in [-0.3, -0.25) is 0 Å². The molecule has 84 valence electrons. The Morgan fingerprint density at radius 3 is 2.94 bits per heavy atom. The molecule has 6 heteroatoms. The predicted molar refractivity (Wildman–Crippen MR) is 59.5 cm³/mol. The van der Waals surface area contributed by atoms with E-state index in [1.54, 1.807) is 12.1 Å². The van der Waals surface area contributed by atoms with Gasteiger partial charge in [-0.2, -0.15) is 9.57 Å². The predicted octanol–water partition coefficient (Wildman–Crippen LogP) is 0.604. The van der Waals surface area contributed by atoms with E-state index in [9.17, 15) is 8.42 Å². The van der Waals surface area contributed by atoms with Crippen LogP contribution in [0, 0.1) is 11.3 Å². The minimum absolute atomic E-state index is 0.173. The van der Waals surface area contributed by atoms with Crippen molar-refractivity contribution in [3.8, 4) is 6.07 Å². The van der Waals surface area contributed by atoms with E-state index in [-0.39, 0.29) is 4.90 Å². The highest BCUT2D eigenvalue weighted by molar-refractivity contribution is 7.89. The van der Waals surface area contributed by atoms with Gasteiger partial charge < -0.3 is 5.32 Å². The van der Waals surface area contributed by atoms with Crippen LogP contribution in [-0.4, -0.2) is 32.9 Å². The summed E-state index contributed by atoms with van der Waals surface area (Å²) in [6.45, 7) is 0.980. The summed E-state index contributed by atoms with van der Waals surface area (Å²) in [7, 11) is -1.94. The van der Waals surface area contributed by atoms with Crippen molar-refractivity contribution in [2.24, 2.45) is 0 Å². The molecule has 0 saturated carbocycles. The van der Waals surface area contributed by atoms with Gasteiger partial charge in [0.15, 0.2) is 0 Å². The molecule has 0 fully saturated rings. The van der Waals surface area contributed by atoms with Crippen molar-refractivity contribution in [3.63, 3.8) is 0 Å². The molecule has 1 aromatic rings. The maximum absolute atomic E-state index is 12.1. The van der Waals surface area contributed by atoms with Crippen molar-refractivity contribution < 1.29 is 8.42 Å². The van der Waals surface area contributed by atoms with Crippen molar-refractivity contribution in [1.29, 1.82) is 5.26 Å². The molecule has 0 aromatic heterocycles. The molecule has 0 saturated heterocycles. The van der Waals surface area contributed by atoms with Crippen molar-refractivity contribution in [1.82, 2.24) is 4.31 Å². The van der Waals surface area contributed by atoms with Gasteiger partial charge in [0.1, 0.15) is 4.90 Å². The molecule has 0 unspecified atom stereocenters. The highest BCUT2D eigenvalue weighted by Gasteiger charge is 2.26. The first kappa shape index (κ1) is 10.9. The molecule has 1 aromatic carbocycles. The third-order valence-corrected chi connectivity index (χ3v) is 4.44. The standard InChI is InChI=1S/C10H11N3O2S/c1-13-5-4-12-9-3-2-8(7-11)6-10(9)16(13,14)15/h2-3,6,12H,4-5H2,1H3. The lowest BCUT2D eigenvalue weighted by atomic mass is 10.2. The van der Waals surface area contributed by atoms with Crippen LogP contribution in [0.1, 0.15) is 5.56 Å². The number of benzene rings is 1. The molecule has 1 aliphatic heterocycles. The Bertz CT molecular complexity index is 560. The lowest BCUT2D eigenvalue weighted by Crippen LogP contribution is -2.28. The van der Waals surface area contributed by atoms with Crippen LogP contribution >= 0.6 is 0 Å². The van der Waals surface area contributed by atoms with Gasteiger partial charge in [0.2, 0.25) is 10.0 Å². The van der Waals surface area contributed by atoms with Crippen LogP contribution < -0.4 is 5.32 Å². The summed E-state index contributed by atoms with van der Waals surface area (Å²) in [5.74, 6) is 0. The van der Waals surface area contributed by atoms with E-state index in [0.29, 0.717) is 24.3 Å². The molecule has 1 aliphatic rings. The number of rotatable bonds is 0. The quantitative estimate of drug-likeness (QED) is 0.717. The molecule has 0 bridgehead atoms. The number of anilines is 1. The largest absolute Gasteiger partial charge is 0.383 e. The van der Waals surface area contributed by atoms with E-state index < -0.39 is 10.0 Å². The fourth-order valence-electron chi connectivity index (χ4n) is 1.59. The van der Waals surface area contributed by atoms with Crippen molar-refractivity contribution in [2.45, 2.75) is 4.90 Å². The van der Waals surface area contributed by atoms with Gasteiger partial charge in [-0.25, -0.2) is 8.42 Å². The minimum atomic E-state index is -3.47. The Morgan fingerprint density at radius 1 is 1.50 bits per heavy atom. The Hall–Kier alpha value is -1.58. The minimum Gasteiger partial charge on any atom is -0.383 e. The van der Waals surface area contributed by atoms with E-state index in [1.807, 2.05) is 6.07 Å². The SMILES string of the molecule is CN1CCNc2ccc(C#N)cc2S1(=O)=O. The second-order valence-electron chi connectivity index (χ2n) is 3.58. The molecule has 0 spiro atoms. The first-order valence-electron chi connectivity index (χ1n) is 4.80. The monoisotopic (exact) mass is 237 g/mol. The molecular weight excluding hydrogens is 226 g/mol. The van der Waals surface area contributed by atoms with Gasteiger partial charge >= 0.3 is 0 Å². The average Bonchev–Trinajstić information content (AvgIpc) is 2.38. The number of sulfonamides is 1. The van der Waals surface area contributed by atoms with Crippen LogP contribution in [0.4, 0.5) is 5.69 Å². The summed E-state index contributed by atoms with van der Waals surface area (Å²) < 4.78 is 25.4. The molecule has 0 atom stereocenters. The second-order valence-corrected chi connectivity index (χ2v) is 5.59. The zero-order chi connectivity index (χ0) is 11.8. The van der Waals surface area contributed by atoms with Gasteiger partial charge in [-0.15, -0.1) is 0 Å². The van der Waals surface area contributed by atoms with Crippen molar-refractivity contribution >= 4 is 15.7 Å². The van der Waals surface area contributed by atoms with Crippen LogP contribution in [0.25, 0.3) is 0 Å². The summed E-state index contributed by atoms with van der Waals surface area (Å²) in [6.07, 6.45) is 0. The normalized spacial score (nSPS) is 19.0. The summed E-state index contributed by atoms with van der Waals surface area (Å²) in [5, 5.41) is 11.8. The molecule has 1 N–H and O–H groups in total. The Morgan fingerprint density at radius 2 is 2.25 bits per heavy atom. The van der Waals surface area contributed by atoms with Gasteiger partial charge in [-0.1, -0.05) is 0 Å². The molecule has 0 amide bonds. The fourth-order valence-corrected chi connectivity index (χ4v) is 2.95. The third-order valence-electron chi connectivity index (χ3n) is 2.54. The number of nitrogens with one attached hydrogen (secondary N) is 1. The molecular formula is C10H11N3O2S.